The van der Waals surface area contributed by atoms with Gasteiger partial charge in [0.25, 0.3) is 0 Å². The number of carbonyl (C=O) groups excluding carboxylic acids is 1. The molecule has 0 radical (unpaired) electrons. The maximum atomic E-state index is 12.1. The van der Waals surface area contributed by atoms with E-state index in [-0.39, 0.29) is 18.3 Å². The summed E-state index contributed by atoms with van der Waals surface area (Å²) < 4.78 is 5.34. The monoisotopic (exact) mass is 371 g/mol. The van der Waals surface area contributed by atoms with E-state index in [4.69, 9.17) is 10.00 Å². The van der Waals surface area contributed by atoms with E-state index in [9.17, 15) is 9.90 Å². The van der Waals surface area contributed by atoms with Crippen LogP contribution < -0.4 is 0 Å². The summed E-state index contributed by atoms with van der Waals surface area (Å²) in [7, 11) is 0. The second-order valence-corrected chi connectivity index (χ2v) is 6.57. The number of aryl methyl sites for hydroxylation is 2. The van der Waals surface area contributed by atoms with E-state index in [1.165, 1.54) is 6.07 Å². The first kappa shape index (κ1) is 19.2. The number of ether oxygens (including phenoxy) is 1. The molecule has 4 heteroatoms. The molecule has 140 valence electrons. The van der Waals surface area contributed by atoms with Gasteiger partial charge in [0.15, 0.2) is 0 Å². The van der Waals surface area contributed by atoms with E-state index in [2.05, 4.69) is 0 Å². The summed E-state index contributed by atoms with van der Waals surface area (Å²) in [6.45, 7) is 0.259. The van der Waals surface area contributed by atoms with Gasteiger partial charge in [0.1, 0.15) is 12.4 Å². The van der Waals surface area contributed by atoms with Crippen molar-refractivity contribution in [3.63, 3.8) is 0 Å². The van der Waals surface area contributed by atoms with E-state index in [0.29, 0.717) is 11.1 Å². The molecule has 0 atom stereocenters. The summed E-state index contributed by atoms with van der Waals surface area (Å²) in [6.07, 6.45) is 2.41. The van der Waals surface area contributed by atoms with Crippen LogP contribution in [-0.4, -0.2) is 11.1 Å². The van der Waals surface area contributed by atoms with Crippen LogP contribution in [0.3, 0.4) is 0 Å². The first-order valence-corrected chi connectivity index (χ1v) is 9.17. The third-order valence-electron chi connectivity index (χ3n) is 4.53. The van der Waals surface area contributed by atoms with Crippen LogP contribution in [0.2, 0.25) is 0 Å². The van der Waals surface area contributed by atoms with Crippen LogP contribution in [0.15, 0.2) is 72.8 Å². The summed E-state index contributed by atoms with van der Waals surface area (Å²) in [5.41, 5.74) is 3.90. The number of phenols is 1. The molecule has 0 amide bonds. The Morgan fingerprint density at radius 3 is 2.36 bits per heavy atom. The fourth-order valence-electron chi connectivity index (χ4n) is 2.94. The first-order chi connectivity index (χ1) is 13.7. The molecule has 0 aliphatic carbocycles. The highest BCUT2D eigenvalue weighted by atomic mass is 16.5. The molecule has 3 rings (SSSR count). The zero-order chi connectivity index (χ0) is 19.8. The molecule has 0 aromatic heterocycles. The van der Waals surface area contributed by atoms with Crippen molar-refractivity contribution in [3.05, 3.63) is 101 Å². The highest BCUT2D eigenvalue weighted by molar-refractivity contribution is 5.89. The third kappa shape index (κ3) is 5.21. The molecule has 0 unspecified atom stereocenters. The lowest BCUT2D eigenvalue weighted by atomic mass is 10.0. The van der Waals surface area contributed by atoms with Gasteiger partial charge < -0.3 is 9.84 Å². The van der Waals surface area contributed by atoms with E-state index in [0.717, 1.165) is 36.0 Å². The standard InChI is InChI=1S/C24H21NO3/c25-16-20-11-12-21(23(26)15-20)8-4-7-18-9-13-22(14-10-18)24(27)28-17-19-5-2-1-3-6-19/h1-3,5-6,9-15,26H,4,7-8,17H2. The van der Waals surface area contributed by atoms with Crippen molar-refractivity contribution in [1.29, 1.82) is 5.26 Å². The van der Waals surface area contributed by atoms with Crippen molar-refractivity contribution in [2.24, 2.45) is 0 Å². The molecule has 4 nitrogen and oxygen atoms in total. The maximum Gasteiger partial charge on any atom is 0.338 e. The van der Waals surface area contributed by atoms with Crippen molar-refractivity contribution in [2.45, 2.75) is 25.9 Å². The van der Waals surface area contributed by atoms with E-state index >= 15 is 0 Å². The molecule has 3 aromatic carbocycles. The van der Waals surface area contributed by atoms with E-state index in [1.807, 2.05) is 48.5 Å². The van der Waals surface area contributed by atoms with Gasteiger partial charge in [-0.3, -0.25) is 0 Å². The number of hydrogen-bond acceptors (Lipinski definition) is 4. The third-order valence-corrected chi connectivity index (χ3v) is 4.53. The van der Waals surface area contributed by atoms with Gasteiger partial charge in [-0.25, -0.2) is 4.79 Å². The minimum atomic E-state index is -0.335. The quantitative estimate of drug-likeness (QED) is 0.606. The van der Waals surface area contributed by atoms with Gasteiger partial charge in [-0.1, -0.05) is 48.5 Å². The van der Waals surface area contributed by atoms with Crippen molar-refractivity contribution in [3.8, 4) is 11.8 Å². The second kappa shape index (κ2) is 9.38. The Hall–Kier alpha value is -3.58. The molecule has 0 fully saturated rings. The average molecular weight is 371 g/mol. The number of rotatable bonds is 7. The number of nitrogens with zero attached hydrogens (tertiary/aromatic N) is 1. The summed E-state index contributed by atoms with van der Waals surface area (Å²) in [5.74, 6) is -0.173. The number of aromatic hydroxyl groups is 1. The summed E-state index contributed by atoms with van der Waals surface area (Å²) in [6, 6.07) is 24.0. The highest BCUT2D eigenvalue weighted by Gasteiger charge is 2.08. The zero-order valence-electron chi connectivity index (χ0n) is 15.5. The van der Waals surface area contributed by atoms with Crippen molar-refractivity contribution in [2.75, 3.05) is 0 Å². The number of benzene rings is 3. The van der Waals surface area contributed by atoms with Gasteiger partial charge in [0, 0.05) is 0 Å². The minimum Gasteiger partial charge on any atom is -0.508 e. The van der Waals surface area contributed by atoms with Crippen LogP contribution in [0.5, 0.6) is 5.75 Å². The Kier molecular flexibility index (Phi) is 6.43. The number of hydrogen-bond donors (Lipinski definition) is 1. The molecule has 0 bridgehead atoms. The van der Waals surface area contributed by atoms with Crippen LogP contribution in [-0.2, 0) is 24.2 Å². The molecule has 0 aliphatic rings. The van der Waals surface area contributed by atoms with Crippen molar-refractivity contribution < 1.29 is 14.6 Å². The topological polar surface area (TPSA) is 70.3 Å². The summed E-state index contributed by atoms with van der Waals surface area (Å²) in [5, 5.41) is 18.8. The highest BCUT2D eigenvalue weighted by Crippen LogP contribution is 2.21. The first-order valence-electron chi connectivity index (χ1n) is 9.17. The van der Waals surface area contributed by atoms with Crippen LogP contribution in [0, 0.1) is 11.3 Å². The Morgan fingerprint density at radius 2 is 1.68 bits per heavy atom. The van der Waals surface area contributed by atoms with Gasteiger partial charge in [0.2, 0.25) is 0 Å². The Balaban J connectivity index is 1.49. The van der Waals surface area contributed by atoms with Gasteiger partial charge >= 0.3 is 5.97 Å². The van der Waals surface area contributed by atoms with Crippen molar-refractivity contribution in [1.82, 2.24) is 0 Å². The molecule has 0 saturated heterocycles. The second-order valence-electron chi connectivity index (χ2n) is 6.57. The lowest BCUT2D eigenvalue weighted by Crippen LogP contribution is -2.05. The van der Waals surface area contributed by atoms with Crippen LogP contribution in [0.1, 0.15) is 39.0 Å². The minimum absolute atomic E-state index is 0.163. The summed E-state index contributed by atoms with van der Waals surface area (Å²) >= 11 is 0. The van der Waals surface area contributed by atoms with Gasteiger partial charge in [0.05, 0.1) is 17.2 Å². The number of esters is 1. The number of nitriles is 1. The lowest BCUT2D eigenvalue weighted by molar-refractivity contribution is 0.0472. The van der Waals surface area contributed by atoms with Crippen molar-refractivity contribution >= 4 is 5.97 Å². The number of carbonyl (C=O) groups is 1. The maximum absolute atomic E-state index is 12.1. The normalized spacial score (nSPS) is 10.2. The molecule has 28 heavy (non-hydrogen) atoms. The van der Waals surface area contributed by atoms with E-state index < -0.39 is 0 Å². The van der Waals surface area contributed by atoms with Crippen LogP contribution in [0.25, 0.3) is 0 Å². The fourth-order valence-corrected chi connectivity index (χ4v) is 2.94. The fraction of sp³-hybridized carbons (Fsp3) is 0.167. The van der Waals surface area contributed by atoms with Gasteiger partial charge in [-0.2, -0.15) is 5.26 Å². The van der Waals surface area contributed by atoms with E-state index in [1.54, 1.807) is 24.3 Å². The Labute approximate surface area is 164 Å². The SMILES string of the molecule is N#Cc1ccc(CCCc2ccc(C(=O)OCc3ccccc3)cc2)c(O)c1. The lowest BCUT2D eigenvalue weighted by Gasteiger charge is -2.07. The largest absolute Gasteiger partial charge is 0.508 e. The molecule has 0 saturated carbocycles. The van der Waals surface area contributed by atoms with Crippen LogP contribution in [0.4, 0.5) is 0 Å². The Morgan fingerprint density at radius 1 is 0.929 bits per heavy atom. The molecular formula is C24H21NO3. The Bertz CT molecular complexity index is 973. The summed E-state index contributed by atoms with van der Waals surface area (Å²) in [4.78, 5) is 12.1. The molecule has 0 spiro atoms. The molecular weight excluding hydrogens is 350 g/mol. The molecule has 1 N–H and O–H groups in total. The molecule has 0 aliphatic heterocycles. The van der Waals surface area contributed by atoms with Crippen LogP contribution >= 0.6 is 0 Å². The van der Waals surface area contributed by atoms with Gasteiger partial charge in [-0.05, 0) is 60.2 Å². The average Bonchev–Trinajstić information content (AvgIpc) is 2.74. The predicted octanol–water partition coefficient (Wildman–Crippen LogP) is 4.80. The molecule has 3 aromatic rings. The van der Waals surface area contributed by atoms with Gasteiger partial charge in [-0.15, -0.1) is 0 Å². The zero-order valence-corrected chi connectivity index (χ0v) is 15.5. The number of phenolic OH excluding ortho intramolecular Hbond substituents is 1. The smallest absolute Gasteiger partial charge is 0.338 e. The molecule has 0 heterocycles. The predicted molar refractivity (Wildman–Crippen MR) is 107 cm³/mol.